The Hall–Kier alpha value is -1.83. The maximum atomic E-state index is 6.57. The Bertz CT molecular complexity index is 989. The van der Waals surface area contributed by atoms with E-state index in [9.17, 15) is 0 Å². The van der Waals surface area contributed by atoms with E-state index in [0.29, 0.717) is 18.2 Å². The first-order valence-corrected chi connectivity index (χ1v) is 14.6. The second-order valence-electron chi connectivity index (χ2n) is 10.7. The molecule has 1 aliphatic rings. The minimum atomic E-state index is -1.94. The summed E-state index contributed by atoms with van der Waals surface area (Å²) >= 11 is 6.33. The molecule has 8 heteroatoms. The maximum Gasteiger partial charge on any atom is 0.192 e. The van der Waals surface area contributed by atoms with Crippen LogP contribution in [0.4, 0.5) is 11.5 Å². The predicted octanol–water partition coefficient (Wildman–Crippen LogP) is 5.61. The van der Waals surface area contributed by atoms with Crippen LogP contribution in [0.15, 0.2) is 18.5 Å². The molecule has 1 atom stereocenters. The lowest BCUT2D eigenvalue weighted by atomic mass is 9.71. The standard InChI is InChI=1S/C24H37ClN4O2Si/c1-23(2,3)32(7,8)31-15(12-25)13-27-20-17-11-24(4,5)19-21(28-14-29-22(19)26)16(17)9-10-18(20)30-6/h9-10,14-15,27H,11-13H2,1-8H3,(H2,26,28,29)/t15-/m0/s1. The Labute approximate surface area is 198 Å². The molecule has 0 saturated carbocycles. The minimum Gasteiger partial charge on any atom is -0.495 e. The van der Waals surface area contributed by atoms with Crippen molar-refractivity contribution in [3.8, 4) is 17.0 Å². The molecule has 1 aliphatic carbocycles. The van der Waals surface area contributed by atoms with Crippen molar-refractivity contribution in [2.75, 3.05) is 30.6 Å². The van der Waals surface area contributed by atoms with E-state index in [1.54, 1.807) is 7.11 Å². The number of nitrogens with zero attached hydrogens (tertiary/aromatic N) is 2. The molecule has 176 valence electrons. The van der Waals surface area contributed by atoms with Gasteiger partial charge in [0.1, 0.15) is 17.9 Å². The number of nitrogens with two attached hydrogens (primary N) is 1. The quantitative estimate of drug-likeness (QED) is 0.399. The zero-order chi connectivity index (χ0) is 23.9. The van der Waals surface area contributed by atoms with Gasteiger partial charge in [-0.3, -0.25) is 0 Å². The van der Waals surface area contributed by atoms with E-state index >= 15 is 0 Å². The van der Waals surface area contributed by atoms with E-state index in [2.05, 4.69) is 69.1 Å². The van der Waals surface area contributed by atoms with Crippen LogP contribution in [0.1, 0.15) is 45.7 Å². The molecule has 1 aromatic heterocycles. The zero-order valence-electron chi connectivity index (χ0n) is 20.6. The van der Waals surface area contributed by atoms with Gasteiger partial charge < -0.3 is 20.2 Å². The van der Waals surface area contributed by atoms with E-state index in [-0.39, 0.29) is 16.6 Å². The smallest absolute Gasteiger partial charge is 0.192 e. The number of benzene rings is 1. The molecule has 0 saturated heterocycles. The lowest BCUT2D eigenvalue weighted by Gasteiger charge is -2.39. The summed E-state index contributed by atoms with van der Waals surface area (Å²) < 4.78 is 12.3. The molecule has 32 heavy (non-hydrogen) atoms. The summed E-state index contributed by atoms with van der Waals surface area (Å²) in [6.45, 7) is 16.2. The highest BCUT2D eigenvalue weighted by Gasteiger charge is 2.39. The van der Waals surface area contributed by atoms with Crippen LogP contribution in [0.3, 0.4) is 0 Å². The number of anilines is 2. The van der Waals surface area contributed by atoms with E-state index in [1.165, 1.54) is 11.9 Å². The minimum absolute atomic E-state index is 0.0972. The molecule has 2 aromatic rings. The lowest BCUT2D eigenvalue weighted by molar-refractivity contribution is 0.214. The summed E-state index contributed by atoms with van der Waals surface area (Å²) in [4.78, 5) is 8.84. The summed E-state index contributed by atoms with van der Waals surface area (Å²) in [5, 5.41) is 3.73. The topological polar surface area (TPSA) is 82.3 Å². The molecule has 0 bridgehead atoms. The number of hydrogen-bond acceptors (Lipinski definition) is 6. The van der Waals surface area contributed by atoms with Crippen LogP contribution in [0, 0.1) is 0 Å². The maximum absolute atomic E-state index is 6.57. The van der Waals surface area contributed by atoms with Gasteiger partial charge in [0.25, 0.3) is 0 Å². The molecule has 0 unspecified atom stereocenters. The molecule has 0 spiro atoms. The van der Waals surface area contributed by atoms with Crippen LogP contribution >= 0.6 is 11.6 Å². The fourth-order valence-corrected chi connectivity index (χ4v) is 5.77. The van der Waals surface area contributed by atoms with Gasteiger partial charge >= 0.3 is 0 Å². The summed E-state index contributed by atoms with van der Waals surface area (Å²) in [6.07, 6.45) is 2.23. The number of rotatable bonds is 7. The third-order valence-corrected chi connectivity index (χ3v) is 11.7. The van der Waals surface area contributed by atoms with Crippen LogP contribution in [-0.2, 0) is 16.3 Å². The van der Waals surface area contributed by atoms with E-state index < -0.39 is 8.32 Å². The summed E-state index contributed by atoms with van der Waals surface area (Å²) in [7, 11) is -0.246. The number of fused-ring (bicyclic) bond motifs is 3. The monoisotopic (exact) mass is 476 g/mol. The number of nitrogen functional groups attached to an aromatic ring is 1. The number of halogens is 1. The Morgan fingerprint density at radius 1 is 1.25 bits per heavy atom. The van der Waals surface area contributed by atoms with Crippen molar-refractivity contribution in [3.05, 3.63) is 29.6 Å². The van der Waals surface area contributed by atoms with Crippen molar-refractivity contribution in [1.82, 2.24) is 9.97 Å². The number of nitrogens with one attached hydrogen (secondary N) is 1. The molecular formula is C24H37ClN4O2Si. The average molecular weight is 477 g/mol. The fraction of sp³-hybridized carbons (Fsp3) is 0.583. The Kier molecular flexibility index (Phi) is 6.85. The van der Waals surface area contributed by atoms with E-state index in [0.717, 1.165) is 34.7 Å². The highest BCUT2D eigenvalue weighted by molar-refractivity contribution is 6.74. The van der Waals surface area contributed by atoms with E-state index in [4.69, 9.17) is 26.5 Å². The highest BCUT2D eigenvalue weighted by Crippen LogP contribution is 2.48. The number of ether oxygens (including phenoxy) is 1. The second-order valence-corrected chi connectivity index (χ2v) is 15.8. The van der Waals surface area contributed by atoms with Crippen LogP contribution in [0.5, 0.6) is 5.75 Å². The molecule has 3 N–H and O–H groups in total. The molecule has 0 aliphatic heterocycles. The van der Waals surface area contributed by atoms with Crippen LogP contribution in [-0.4, -0.2) is 43.9 Å². The van der Waals surface area contributed by atoms with Crippen molar-refractivity contribution in [1.29, 1.82) is 0 Å². The number of alkyl halides is 1. The molecular weight excluding hydrogens is 440 g/mol. The second kappa shape index (κ2) is 8.84. The van der Waals surface area contributed by atoms with Gasteiger partial charge in [0.2, 0.25) is 0 Å². The van der Waals surface area contributed by atoms with Crippen molar-refractivity contribution in [2.24, 2.45) is 0 Å². The Morgan fingerprint density at radius 2 is 1.94 bits per heavy atom. The Balaban J connectivity index is 1.98. The van der Waals surface area contributed by atoms with Gasteiger partial charge in [-0.2, -0.15) is 0 Å². The molecule has 6 nitrogen and oxygen atoms in total. The van der Waals surface area contributed by atoms with Crippen molar-refractivity contribution in [2.45, 2.75) is 70.7 Å². The number of aromatic nitrogens is 2. The summed E-state index contributed by atoms with van der Waals surface area (Å²) in [6, 6.07) is 4.04. The average Bonchev–Trinajstić information content (AvgIpc) is 2.69. The normalized spacial score (nSPS) is 16.2. The molecule has 3 rings (SSSR count). The molecule has 0 radical (unpaired) electrons. The van der Waals surface area contributed by atoms with Gasteiger partial charge in [-0.25, -0.2) is 9.97 Å². The van der Waals surface area contributed by atoms with Gasteiger partial charge in [0.05, 0.1) is 24.6 Å². The predicted molar refractivity (Wildman–Crippen MR) is 136 cm³/mol. The number of methoxy groups -OCH3 is 1. The Morgan fingerprint density at radius 3 is 2.53 bits per heavy atom. The molecule has 1 heterocycles. The number of hydrogen-bond donors (Lipinski definition) is 2. The first-order valence-electron chi connectivity index (χ1n) is 11.1. The third-order valence-electron chi connectivity index (χ3n) is 6.87. The third kappa shape index (κ3) is 4.61. The first-order chi connectivity index (χ1) is 14.8. The van der Waals surface area contributed by atoms with Crippen LogP contribution in [0.25, 0.3) is 11.3 Å². The van der Waals surface area contributed by atoms with Gasteiger partial charge in [-0.1, -0.05) is 34.6 Å². The van der Waals surface area contributed by atoms with Crippen molar-refractivity contribution < 1.29 is 9.16 Å². The van der Waals surface area contributed by atoms with Gasteiger partial charge in [-0.05, 0) is 47.7 Å². The highest BCUT2D eigenvalue weighted by atomic mass is 35.5. The van der Waals surface area contributed by atoms with Crippen molar-refractivity contribution >= 4 is 31.4 Å². The van der Waals surface area contributed by atoms with Crippen molar-refractivity contribution in [3.63, 3.8) is 0 Å². The molecule has 1 aromatic carbocycles. The first kappa shape index (κ1) is 24.8. The van der Waals surface area contributed by atoms with Gasteiger partial charge in [0.15, 0.2) is 8.32 Å². The SMILES string of the molecule is COc1ccc2c(c1NC[C@H](CCl)O[Si](C)(C)C(C)(C)C)CC(C)(C)c1c(N)ncnc1-2. The van der Waals surface area contributed by atoms with E-state index in [1.807, 2.05) is 6.07 Å². The fourth-order valence-electron chi connectivity index (χ4n) is 4.13. The van der Waals surface area contributed by atoms with Crippen LogP contribution < -0.4 is 15.8 Å². The zero-order valence-corrected chi connectivity index (χ0v) is 22.4. The van der Waals surface area contributed by atoms with Crippen LogP contribution in [0.2, 0.25) is 18.1 Å². The summed E-state index contributed by atoms with van der Waals surface area (Å²) in [5.74, 6) is 1.77. The van der Waals surface area contributed by atoms with Gasteiger partial charge in [0, 0.05) is 23.6 Å². The summed E-state index contributed by atoms with van der Waals surface area (Å²) in [5.41, 5.74) is 11.1. The molecule has 0 fully saturated rings. The van der Waals surface area contributed by atoms with Gasteiger partial charge in [-0.15, -0.1) is 11.6 Å². The lowest BCUT2D eigenvalue weighted by Crippen LogP contribution is -2.46. The largest absolute Gasteiger partial charge is 0.495 e. The molecule has 0 amide bonds.